The zero-order valence-corrected chi connectivity index (χ0v) is 20.4. The highest BCUT2D eigenvalue weighted by molar-refractivity contribution is 7.89. The van der Waals surface area contributed by atoms with Gasteiger partial charge in [-0.3, -0.25) is 4.79 Å². The van der Waals surface area contributed by atoms with Gasteiger partial charge in [-0.15, -0.1) is 0 Å². The molecule has 186 valence electrons. The van der Waals surface area contributed by atoms with Crippen LogP contribution in [0.3, 0.4) is 0 Å². The molecule has 2 aliphatic rings. The number of methoxy groups -OCH3 is 1. The Bertz CT molecular complexity index is 1180. The van der Waals surface area contributed by atoms with Crippen LogP contribution in [0.25, 0.3) is 0 Å². The van der Waals surface area contributed by atoms with Crippen molar-refractivity contribution >= 4 is 27.3 Å². The van der Waals surface area contributed by atoms with Gasteiger partial charge in [0.2, 0.25) is 10.0 Å². The van der Waals surface area contributed by atoms with E-state index < -0.39 is 26.3 Å². The molecule has 1 aromatic heterocycles. The molecule has 4 rings (SSSR count). The first-order valence-electron chi connectivity index (χ1n) is 11.2. The van der Waals surface area contributed by atoms with Gasteiger partial charge in [-0.2, -0.15) is 9.40 Å². The molecule has 1 atom stereocenters. The van der Waals surface area contributed by atoms with Crippen LogP contribution in [0.5, 0.6) is 5.75 Å². The second kappa shape index (κ2) is 10.6. The summed E-state index contributed by atoms with van der Waals surface area (Å²) in [6.45, 7) is 2.34. The maximum absolute atomic E-state index is 14.3. The number of ether oxygens (including phenoxy) is 2. The summed E-state index contributed by atoms with van der Waals surface area (Å²) >= 11 is 6.34. The average Bonchev–Trinajstić information content (AvgIpc) is 2.86. The largest absolute Gasteiger partial charge is 0.497 e. The number of rotatable bonds is 7. The van der Waals surface area contributed by atoms with E-state index in [9.17, 15) is 17.6 Å². The van der Waals surface area contributed by atoms with E-state index in [1.54, 1.807) is 0 Å². The first-order chi connectivity index (χ1) is 16.3. The summed E-state index contributed by atoms with van der Waals surface area (Å²) in [5.41, 5.74) is 0.0497. The summed E-state index contributed by atoms with van der Waals surface area (Å²) in [5, 5.41) is 7.54. The quantitative estimate of drug-likeness (QED) is 0.606. The zero-order chi connectivity index (χ0) is 24.3. The van der Waals surface area contributed by atoms with E-state index in [0.29, 0.717) is 37.6 Å². The molecule has 0 radical (unpaired) electrons. The number of aromatic nitrogens is 2. The second-order valence-corrected chi connectivity index (χ2v) is 10.8. The van der Waals surface area contributed by atoms with Crippen LogP contribution in [-0.4, -0.2) is 62.5 Å². The second-order valence-electron chi connectivity index (χ2n) is 8.52. The Kier molecular flexibility index (Phi) is 7.76. The third kappa shape index (κ3) is 5.22. The molecule has 1 N–H and O–H groups in total. The van der Waals surface area contributed by atoms with E-state index >= 15 is 0 Å². The van der Waals surface area contributed by atoms with Gasteiger partial charge >= 0.3 is 0 Å². The number of halogens is 2. The van der Waals surface area contributed by atoms with E-state index in [4.69, 9.17) is 21.1 Å². The molecule has 34 heavy (non-hydrogen) atoms. The monoisotopic (exact) mass is 514 g/mol. The third-order valence-electron chi connectivity index (χ3n) is 6.30. The van der Waals surface area contributed by atoms with Gasteiger partial charge in [-0.25, -0.2) is 17.5 Å². The Hall–Kier alpha value is -2.21. The average molecular weight is 515 g/mol. The van der Waals surface area contributed by atoms with Crippen molar-refractivity contribution in [2.24, 2.45) is 5.92 Å². The minimum absolute atomic E-state index is 0.0558. The molecule has 2 fully saturated rings. The maximum atomic E-state index is 14.3. The Morgan fingerprint density at radius 3 is 2.74 bits per heavy atom. The highest BCUT2D eigenvalue weighted by Gasteiger charge is 2.33. The van der Waals surface area contributed by atoms with Gasteiger partial charge < -0.3 is 14.8 Å². The van der Waals surface area contributed by atoms with E-state index in [1.807, 2.05) is 0 Å². The van der Waals surface area contributed by atoms with E-state index in [2.05, 4.69) is 10.4 Å². The molecule has 3 heterocycles. The predicted molar refractivity (Wildman–Crippen MR) is 126 cm³/mol. The van der Waals surface area contributed by atoms with Crippen molar-refractivity contribution in [1.29, 1.82) is 0 Å². The Balaban J connectivity index is 1.43. The van der Waals surface area contributed by atoms with Gasteiger partial charge in [0, 0.05) is 32.3 Å². The van der Waals surface area contributed by atoms with Gasteiger partial charge in [0.25, 0.3) is 5.56 Å². The van der Waals surface area contributed by atoms with Crippen molar-refractivity contribution in [2.45, 2.75) is 36.6 Å². The van der Waals surface area contributed by atoms with Gasteiger partial charge in [0.1, 0.15) is 21.5 Å². The van der Waals surface area contributed by atoms with E-state index in [-0.39, 0.29) is 29.9 Å². The Labute approximate surface area is 202 Å². The molecule has 0 spiro atoms. The summed E-state index contributed by atoms with van der Waals surface area (Å²) < 4.78 is 53.3. The van der Waals surface area contributed by atoms with Crippen molar-refractivity contribution in [1.82, 2.24) is 14.1 Å². The summed E-state index contributed by atoms with van der Waals surface area (Å²) in [4.78, 5) is 12.4. The van der Waals surface area contributed by atoms with Crippen molar-refractivity contribution < 1.29 is 22.3 Å². The molecule has 1 aromatic carbocycles. The molecular formula is C22H28ClFN4O5S. The first kappa shape index (κ1) is 24.9. The molecule has 9 nitrogen and oxygen atoms in total. The lowest BCUT2D eigenvalue weighted by molar-refractivity contribution is 0.0595. The lowest BCUT2D eigenvalue weighted by Crippen LogP contribution is -2.41. The van der Waals surface area contributed by atoms with Gasteiger partial charge in [-0.1, -0.05) is 11.6 Å². The van der Waals surface area contributed by atoms with E-state index in [1.165, 1.54) is 34.4 Å². The molecule has 0 unspecified atom stereocenters. The minimum Gasteiger partial charge on any atom is -0.497 e. The van der Waals surface area contributed by atoms with Gasteiger partial charge in [0.05, 0.1) is 31.6 Å². The molecular weight excluding hydrogens is 487 g/mol. The topological polar surface area (TPSA) is 103 Å². The third-order valence-corrected chi connectivity index (χ3v) is 8.58. The number of benzene rings is 1. The lowest BCUT2D eigenvalue weighted by Gasteiger charge is -2.31. The van der Waals surface area contributed by atoms with Crippen LogP contribution in [0.4, 0.5) is 10.1 Å². The van der Waals surface area contributed by atoms with Crippen LogP contribution in [0, 0.1) is 11.7 Å². The fraction of sp³-hybridized carbons (Fsp3) is 0.545. The molecule has 0 bridgehead atoms. The van der Waals surface area contributed by atoms with E-state index in [0.717, 1.165) is 25.5 Å². The van der Waals surface area contributed by atoms with Crippen LogP contribution in [0.2, 0.25) is 5.02 Å². The first-order valence-corrected chi connectivity index (χ1v) is 13.1. The van der Waals surface area contributed by atoms with Crippen molar-refractivity contribution in [3.8, 4) is 5.75 Å². The minimum atomic E-state index is -4.05. The number of sulfonamides is 1. The highest BCUT2D eigenvalue weighted by atomic mass is 35.5. The maximum Gasteiger partial charge on any atom is 0.287 e. The summed E-state index contributed by atoms with van der Waals surface area (Å²) in [6, 6.07) is 3.30. The highest BCUT2D eigenvalue weighted by Crippen LogP contribution is 2.29. The molecule has 12 heteroatoms. The number of hydrogen-bond donors (Lipinski definition) is 1. The Morgan fingerprint density at radius 1 is 1.29 bits per heavy atom. The zero-order valence-electron chi connectivity index (χ0n) is 18.9. The van der Waals surface area contributed by atoms with Crippen LogP contribution < -0.4 is 15.6 Å². The smallest absolute Gasteiger partial charge is 0.287 e. The number of anilines is 1. The van der Waals surface area contributed by atoms with Gasteiger partial charge in [0.15, 0.2) is 0 Å². The van der Waals surface area contributed by atoms with Gasteiger partial charge in [-0.05, 0) is 43.7 Å². The summed E-state index contributed by atoms with van der Waals surface area (Å²) in [5.74, 6) is -0.228. The van der Waals surface area contributed by atoms with Crippen LogP contribution in [0.15, 0.2) is 34.1 Å². The molecule has 2 aromatic rings. The van der Waals surface area contributed by atoms with Crippen molar-refractivity contribution in [2.75, 3.05) is 45.3 Å². The molecule has 0 aliphatic carbocycles. The van der Waals surface area contributed by atoms with Crippen molar-refractivity contribution in [3.05, 3.63) is 45.6 Å². The lowest BCUT2D eigenvalue weighted by atomic mass is 10.0. The number of nitrogens with zero attached hydrogens (tertiary/aromatic N) is 3. The normalized spacial score (nSPS) is 20.3. The van der Waals surface area contributed by atoms with Crippen molar-refractivity contribution in [3.63, 3.8) is 0 Å². The van der Waals surface area contributed by atoms with Crippen LogP contribution in [0.1, 0.15) is 31.7 Å². The molecule has 2 saturated heterocycles. The van der Waals surface area contributed by atoms with Crippen LogP contribution in [-0.2, 0) is 14.8 Å². The summed E-state index contributed by atoms with van der Waals surface area (Å²) in [6.07, 6.45) is 4.29. The number of hydrogen-bond acceptors (Lipinski definition) is 7. The molecule has 2 aliphatic heterocycles. The fourth-order valence-corrected chi connectivity index (χ4v) is 6.08. The van der Waals surface area contributed by atoms with Crippen LogP contribution >= 0.6 is 11.6 Å². The SMILES string of the molecule is COc1ccc(F)c(S(=O)(=O)N2CCC(n3ncc(NC[C@H]4CCCOC4)c(Cl)c3=O)CC2)c1. The standard InChI is InChI=1S/C22H28ClFN4O5S/c1-32-17-4-5-18(24)20(11-17)34(30,31)27-8-6-16(7-9-27)28-22(29)21(23)19(13-26-28)25-12-15-3-2-10-33-14-15/h4-5,11,13,15-16,25H,2-3,6-10,12,14H2,1H3/t15-/m1/s1. The molecule has 0 saturated carbocycles. The summed E-state index contributed by atoms with van der Waals surface area (Å²) in [7, 11) is -2.66. The Morgan fingerprint density at radius 2 is 2.06 bits per heavy atom. The predicted octanol–water partition coefficient (Wildman–Crippen LogP) is 2.91. The molecule has 0 amide bonds. The number of piperidine rings is 1. The number of nitrogens with one attached hydrogen (secondary N) is 1. The fourth-order valence-electron chi connectivity index (χ4n) is 4.33.